The molecule has 2 N–H and O–H groups in total. The van der Waals surface area contributed by atoms with E-state index in [1.54, 1.807) is 43.7 Å². The second-order valence-electron chi connectivity index (χ2n) is 7.42. The molecule has 0 atom stereocenters. The predicted octanol–water partition coefficient (Wildman–Crippen LogP) is 5.96. The van der Waals surface area contributed by atoms with E-state index in [2.05, 4.69) is 20.6 Å². The zero-order valence-corrected chi connectivity index (χ0v) is 17.6. The van der Waals surface area contributed by atoms with Gasteiger partial charge in [0, 0.05) is 48.3 Å². The van der Waals surface area contributed by atoms with Gasteiger partial charge in [0.1, 0.15) is 5.82 Å². The third kappa shape index (κ3) is 5.38. The Labute approximate surface area is 188 Å². The molecule has 0 unspecified atom stereocenters. The number of hydrogen-bond acceptors (Lipinski definition) is 3. The van der Waals surface area contributed by atoms with Gasteiger partial charge in [0.05, 0.1) is 5.56 Å². The van der Waals surface area contributed by atoms with Gasteiger partial charge >= 0.3 is 12.2 Å². The molecule has 0 aliphatic carbocycles. The number of aryl methyl sites for hydroxylation is 1. The molecule has 2 aromatic carbocycles. The molecule has 33 heavy (non-hydrogen) atoms. The lowest BCUT2D eigenvalue weighted by Crippen LogP contribution is -2.20. The number of anilines is 2. The van der Waals surface area contributed by atoms with E-state index < -0.39 is 17.8 Å². The quantitative estimate of drug-likeness (QED) is 0.393. The molecular weight excluding hydrogens is 431 g/mol. The summed E-state index contributed by atoms with van der Waals surface area (Å²) in [5.74, 6) is 0.786. The number of hydrogen-bond donors (Lipinski definition) is 2. The van der Waals surface area contributed by atoms with Crippen LogP contribution in [0.25, 0.3) is 11.4 Å². The first-order chi connectivity index (χ1) is 15.8. The van der Waals surface area contributed by atoms with E-state index in [1.807, 2.05) is 29.0 Å². The summed E-state index contributed by atoms with van der Waals surface area (Å²) >= 11 is 0. The summed E-state index contributed by atoms with van der Waals surface area (Å²) in [6.07, 6.45) is 2.48. The van der Waals surface area contributed by atoms with Crippen molar-refractivity contribution in [3.63, 3.8) is 0 Å². The van der Waals surface area contributed by atoms with Gasteiger partial charge < -0.3 is 15.2 Å². The Morgan fingerprint density at radius 3 is 2.55 bits per heavy atom. The lowest BCUT2D eigenvalue weighted by molar-refractivity contribution is -0.137. The molecule has 4 rings (SSSR count). The number of nitrogens with one attached hydrogen (secondary N) is 2. The minimum Gasteiger partial charge on any atom is -0.327 e. The van der Waals surface area contributed by atoms with Crippen LogP contribution in [0.15, 0.2) is 79.4 Å². The molecule has 0 fully saturated rings. The second kappa shape index (κ2) is 9.15. The van der Waals surface area contributed by atoms with E-state index in [4.69, 9.17) is 0 Å². The molecule has 0 bridgehead atoms. The van der Waals surface area contributed by atoms with E-state index in [9.17, 15) is 18.0 Å². The zero-order chi connectivity index (χ0) is 23.4. The molecule has 0 saturated heterocycles. The summed E-state index contributed by atoms with van der Waals surface area (Å²) in [6.45, 7) is 2.14. The molecule has 0 radical (unpaired) electrons. The number of carbonyl (C=O) groups excluding carboxylic acids is 1. The van der Waals surface area contributed by atoms with Crippen LogP contribution in [0.2, 0.25) is 0 Å². The second-order valence-corrected chi connectivity index (χ2v) is 7.42. The van der Waals surface area contributed by atoms with Crippen LogP contribution in [-0.2, 0) is 12.7 Å². The first-order valence-electron chi connectivity index (χ1n) is 10.1. The predicted molar refractivity (Wildman–Crippen MR) is 120 cm³/mol. The van der Waals surface area contributed by atoms with Crippen LogP contribution in [-0.4, -0.2) is 20.6 Å². The molecule has 168 valence electrons. The van der Waals surface area contributed by atoms with Crippen molar-refractivity contribution in [3.8, 4) is 11.4 Å². The Balaban J connectivity index is 1.47. The van der Waals surface area contributed by atoms with Gasteiger partial charge in [-0.25, -0.2) is 9.78 Å². The van der Waals surface area contributed by atoms with Crippen LogP contribution < -0.4 is 10.6 Å². The Morgan fingerprint density at radius 1 is 1.00 bits per heavy atom. The number of amides is 2. The maximum atomic E-state index is 13.0. The highest BCUT2D eigenvalue weighted by Crippen LogP contribution is 2.32. The molecule has 0 aliphatic rings. The normalized spacial score (nSPS) is 11.3. The summed E-state index contributed by atoms with van der Waals surface area (Å²) < 4.78 is 40.9. The number of nitrogens with zero attached hydrogens (tertiary/aromatic N) is 3. The number of rotatable bonds is 5. The molecule has 0 aliphatic heterocycles. The van der Waals surface area contributed by atoms with Gasteiger partial charge in [-0.05, 0) is 54.4 Å². The number of urea groups is 1. The van der Waals surface area contributed by atoms with E-state index in [0.29, 0.717) is 17.8 Å². The SMILES string of the molecule is Cc1ccc(C(F)(F)F)cc1NC(=O)Nc1cccc(Cn2ccnc2-c2ccncc2)c1. The molecule has 0 saturated carbocycles. The van der Waals surface area contributed by atoms with Crippen LogP contribution in [0.3, 0.4) is 0 Å². The van der Waals surface area contributed by atoms with Crippen molar-refractivity contribution in [1.29, 1.82) is 0 Å². The summed E-state index contributed by atoms with van der Waals surface area (Å²) in [4.78, 5) is 20.9. The number of halogens is 3. The maximum absolute atomic E-state index is 13.0. The molecule has 0 spiro atoms. The molecule has 2 heterocycles. The minimum absolute atomic E-state index is 0.0962. The first-order valence-corrected chi connectivity index (χ1v) is 10.1. The van der Waals surface area contributed by atoms with E-state index >= 15 is 0 Å². The van der Waals surface area contributed by atoms with Crippen LogP contribution in [0, 0.1) is 6.92 Å². The van der Waals surface area contributed by atoms with Gasteiger partial charge in [-0.2, -0.15) is 13.2 Å². The van der Waals surface area contributed by atoms with Crippen molar-refractivity contribution >= 4 is 17.4 Å². The van der Waals surface area contributed by atoms with Crippen molar-refractivity contribution in [3.05, 3.63) is 96.1 Å². The summed E-state index contributed by atoms with van der Waals surface area (Å²) in [5, 5.41) is 5.17. The van der Waals surface area contributed by atoms with Crippen molar-refractivity contribution in [2.45, 2.75) is 19.6 Å². The van der Waals surface area contributed by atoms with Gasteiger partial charge in [-0.3, -0.25) is 4.98 Å². The Bertz CT molecular complexity index is 1270. The molecule has 6 nitrogen and oxygen atoms in total. The molecular formula is C24H20F3N5O. The van der Waals surface area contributed by atoms with Crippen LogP contribution in [0.5, 0.6) is 0 Å². The number of benzene rings is 2. The van der Waals surface area contributed by atoms with E-state index in [-0.39, 0.29) is 5.69 Å². The topological polar surface area (TPSA) is 71.8 Å². The van der Waals surface area contributed by atoms with Gasteiger partial charge in [0.2, 0.25) is 0 Å². The number of carbonyl (C=O) groups is 1. The van der Waals surface area contributed by atoms with Crippen molar-refractivity contribution in [2.24, 2.45) is 0 Å². The molecule has 2 amide bonds. The third-order valence-corrected chi connectivity index (χ3v) is 5.00. The smallest absolute Gasteiger partial charge is 0.327 e. The average Bonchev–Trinajstić information content (AvgIpc) is 3.23. The minimum atomic E-state index is -4.49. The standard InChI is InChI=1S/C24H20F3N5O/c1-16-5-6-19(24(25,26)27)14-21(16)31-23(33)30-20-4-2-3-17(13-20)15-32-12-11-29-22(32)18-7-9-28-10-8-18/h2-14H,15H2,1H3,(H2,30,31,33). The fraction of sp³-hybridized carbons (Fsp3) is 0.125. The highest BCUT2D eigenvalue weighted by molar-refractivity contribution is 6.00. The number of imidazole rings is 1. The largest absolute Gasteiger partial charge is 0.416 e. The maximum Gasteiger partial charge on any atom is 0.416 e. The van der Waals surface area contributed by atoms with Crippen LogP contribution >= 0.6 is 0 Å². The lowest BCUT2D eigenvalue weighted by Gasteiger charge is -2.14. The van der Waals surface area contributed by atoms with Crippen molar-refractivity contribution in [1.82, 2.24) is 14.5 Å². The fourth-order valence-electron chi connectivity index (χ4n) is 3.36. The van der Waals surface area contributed by atoms with Gasteiger partial charge in [0.25, 0.3) is 0 Å². The van der Waals surface area contributed by atoms with E-state index in [1.165, 1.54) is 6.07 Å². The van der Waals surface area contributed by atoms with Gasteiger partial charge in [-0.1, -0.05) is 18.2 Å². The Hall–Kier alpha value is -4.14. The van der Waals surface area contributed by atoms with Crippen LogP contribution in [0.4, 0.5) is 29.3 Å². The Kier molecular flexibility index (Phi) is 6.12. The molecule has 4 aromatic rings. The average molecular weight is 451 g/mol. The zero-order valence-electron chi connectivity index (χ0n) is 17.6. The number of alkyl halides is 3. The Morgan fingerprint density at radius 2 is 1.79 bits per heavy atom. The lowest BCUT2D eigenvalue weighted by atomic mass is 10.1. The van der Waals surface area contributed by atoms with E-state index in [0.717, 1.165) is 29.1 Å². The van der Waals surface area contributed by atoms with Crippen molar-refractivity contribution in [2.75, 3.05) is 10.6 Å². The van der Waals surface area contributed by atoms with Crippen LogP contribution in [0.1, 0.15) is 16.7 Å². The third-order valence-electron chi connectivity index (χ3n) is 5.00. The summed E-state index contributed by atoms with van der Waals surface area (Å²) in [6, 6.07) is 13.6. The van der Waals surface area contributed by atoms with Gasteiger partial charge in [-0.15, -0.1) is 0 Å². The fourth-order valence-corrected chi connectivity index (χ4v) is 3.36. The summed E-state index contributed by atoms with van der Waals surface area (Å²) in [7, 11) is 0. The van der Waals surface area contributed by atoms with Crippen molar-refractivity contribution < 1.29 is 18.0 Å². The number of aromatic nitrogens is 3. The number of pyridine rings is 1. The molecule has 9 heteroatoms. The monoisotopic (exact) mass is 451 g/mol. The highest BCUT2D eigenvalue weighted by atomic mass is 19.4. The summed E-state index contributed by atoms with van der Waals surface area (Å²) in [5.41, 5.74) is 2.15. The highest BCUT2D eigenvalue weighted by Gasteiger charge is 2.30. The van der Waals surface area contributed by atoms with Gasteiger partial charge in [0.15, 0.2) is 0 Å². The molecule has 2 aromatic heterocycles. The first kappa shape index (κ1) is 22.1.